The van der Waals surface area contributed by atoms with Crippen LogP contribution in [0.4, 0.5) is 0 Å². The third-order valence-corrected chi connectivity index (χ3v) is 7.69. The maximum atomic E-state index is 13.8. The van der Waals surface area contributed by atoms with Gasteiger partial charge in [-0.15, -0.1) is 11.3 Å². The third-order valence-electron chi connectivity index (χ3n) is 5.56. The lowest BCUT2D eigenvalue weighted by Crippen LogP contribution is -2.28. The van der Waals surface area contributed by atoms with Crippen LogP contribution >= 0.6 is 23.1 Å². The van der Waals surface area contributed by atoms with Crippen molar-refractivity contribution in [2.75, 3.05) is 7.11 Å². The fourth-order valence-electron chi connectivity index (χ4n) is 3.71. The fraction of sp³-hybridized carbons (Fsp3) is 0.435. The van der Waals surface area contributed by atoms with E-state index in [1.165, 1.54) is 30.2 Å². The van der Waals surface area contributed by atoms with Gasteiger partial charge in [-0.1, -0.05) is 43.3 Å². The number of nitrogens with zero attached hydrogens (tertiary/aromatic N) is 2. The van der Waals surface area contributed by atoms with Gasteiger partial charge >= 0.3 is 5.97 Å². The molecule has 1 aliphatic heterocycles. The van der Waals surface area contributed by atoms with Crippen molar-refractivity contribution in [2.45, 2.75) is 57.2 Å². The number of aryl methyl sites for hydroxylation is 1. The molecule has 1 aliphatic rings. The van der Waals surface area contributed by atoms with Crippen LogP contribution in [-0.2, 0) is 27.3 Å². The molecule has 3 heterocycles. The lowest BCUT2D eigenvalue weighted by molar-refractivity contribution is -0.139. The zero-order valence-electron chi connectivity index (χ0n) is 18.3. The molecular weight excluding hydrogens is 432 g/mol. The number of rotatable bonds is 5. The van der Waals surface area contributed by atoms with E-state index >= 15 is 0 Å². The van der Waals surface area contributed by atoms with Gasteiger partial charge in [0.15, 0.2) is 5.16 Å². The maximum Gasteiger partial charge on any atom is 0.318 e. The highest BCUT2D eigenvalue weighted by Crippen LogP contribution is 2.36. The summed E-state index contributed by atoms with van der Waals surface area (Å²) in [5.74, 6) is 0.0135. The topological polar surface area (TPSA) is 70.4 Å². The van der Waals surface area contributed by atoms with E-state index in [0.29, 0.717) is 34.3 Å². The summed E-state index contributed by atoms with van der Waals surface area (Å²) in [5, 5.41) is 0.665. The maximum absolute atomic E-state index is 13.8. The monoisotopic (exact) mass is 458 g/mol. The average Bonchev–Trinajstić information content (AvgIpc) is 3.11. The number of thioether (sulfide) groups is 1. The quantitative estimate of drug-likeness (QED) is 0.318. The Balaban J connectivity index is 1.92. The van der Waals surface area contributed by atoms with Crippen LogP contribution in [0.2, 0.25) is 0 Å². The molecule has 2 aromatic heterocycles. The first kappa shape index (κ1) is 22.0. The van der Waals surface area contributed by atoms with Gasteiger partial charge in [-0.25, -0.2) is 4.98 Å². The molecule has 0 aliphatic carbocycles. The summed E-state index contributed by atoms with van der Waals surface area (Å²) in [6, 6.07) is 7.76. The Morgan fingerprint density at radius 3 is 2.65 bits per heavy atom. The number of benzene rings is 1. The molecule has 3 aromatic rings. The number of ether oxygens (including phenoxy) is 2. The Hall–Kier alpha value is -2.16. The largest absolute Gasteiger partial charge is 0.468 e. The highest BCUT2D eigenvalue weighted by molar-refractivity contribution is 8.00. The molecule has 2 unspecified atom stereocenters. The number of methoxy groups -OCH3 is 1. The zero-order chi connectivity index (χ0) is 22.3. The Labute approximate surface area is 189 Å². The molecule has 0 fully saturated rings. The van der Waals surface area contributed by atoms with Gasteiger partial charge in [0.05, 0.1) is 30.9 Å². The van der Waals surface area contributed by atoms with Crippen molar-refractivity contribution in [3.8, 4) is 5.69 Å². The van der Waals surface area contributed by atoms with Crippen LogP contribution in [0.25, 0.3) is 15.9 Å². The summed E-state index contributed by atoms with van der Waals surface area (Å²) in [5.41, 5.74) is 2.79. The van der Waals surface area contributed by atoms with E-state index in [9.17, 15) is 9.59 Å². The van der Waals surface area contributed by atoms with Gasteiger partial charge < -0.3 is 9.47 Å². The van der Waals surface area contributed by atoms with E-state index in [1.54, 1.807) is 11.5 Å². The molecule has 0 radical (unpaired) electrons. The first-order valence-electron chi connectivity index (χ1n) is 10.3. The molecule has 0 saturated heterocycles. The minimum absolute atomic E-state index is 0.0888. The number of hydrogen-bond acceptors (Lipinski definition) is 7. The van der Waals surface area contributed by atoms with Gasteiger partial charge in [0.25, 0.3) is 5.56 Å². The van der Waals surface area contributed by atoms with Crippen LogP contribution in [0.3, 0.4) is 0 Å². The molecule has 0 amide bonds. The number of carbonyl (C=O) groups excluding carboxylic acids is 1. The van der Waals surface area contributed by atoms with E-state index in [1.807, 2.05) is 31.2 Å². The molecule has 0 saturated carbocycles. The van der Waals surface area contributed by atoms with Crippen LogP contribution in [-0.4, -0.2) is 34.0 Å². The Bertz CT molecular complexity index is 1180. The molecule has 1 aromatic carbocycles. The molecule has 6 nitrogen and oxygen atoms in total. The Morgan fingerprint density at radius 1 is 1.29 bits per heavy atom. The van der Waals surface area contributed by atoms with Gasteiger partial charge in [0.2, 0.25) is 0 Å². The van der Waals surface area contributed by atoms with Crippen LogP contribution in [0, 0.1) is 12.8 Å². The lowest BCUT2D eigenvalue weighted by atomic mass is 9.96. The van der Waals surface area contributed by atoms with Gasteiger partial charge in [0.1, 0.15) is 10.1 Å². The summed E-state index contributed by atoms with van der Waals surface area (Å²) in [4.78, 5) is 32.5. The fourth-order valence-corrected chi connectivity index (χ4v) is 5.83. The summed E-state index contributed by atoms with van der Waals surface area (Å²) < 4.78 is 12.5. The second kappa shape index (κ2) is 8.76. The van der Waals surface area contributed by atoms with Gasteiger partial charge in [-0.3, -0.25) is 14.2 Å². The van der Waals surface area contributed by atoms with E-state index in [0.717, 1.165) is 21.7 Å². The van der Waals surface area contributed by atoms with Crippen molar-refractivity contribution in [1.82, 2.24) is 9.55 Å². The molecule has 8 heteroatoms. The Morgan fingerprint density at radius 2 is 2.00 bits per heavy atom. The number of hydrogen-bond donors (Lipinski definition) is 0. The first-order valence-corrected chi connectivity index (χ1v) is 12.0. The highest BCUT2D eigenvalue weighted by atomic mass is 32.2. The molecule has 164 valence electrons. The zero-order valence-corrected chi connectivity index (χ0v) is 19.9. The minimum Gasteiger partial charge on any atom is -0.468 e. The SMILES string of the molecule is COC(=O)C(C)Sc1nc2sc3c(c2c(=O)n1-c1ccc(C)cc1)CC(C(C)C)OC3. The number of aromatic nitrogens is 2. The summed E-state index contributed by atoms with van der Waals surface area (Å²) in [7, 11) is 1.36. The molecule has 2 atom stereocenters. The molecule has 31 heavy (non-hydrogen) atoms. The van der Waals surface area contributed by atoms with Crippen LogP contribution in [0.15, 0.2) is 34.2 Å². The van der Waals surface area contributed by atoms with E-state index < -0.39 is 5.25 Å². The van der Waals surface area contributed by atoms with Crippen molar-refractivity contribution in [3.63, 3.8) is 0 Å². The van der Waals surface area contributed by atoms with Gasteiger partial charge in [-0.2, -0.15) is 0 Å². The number of carbonyl (C=O) groups is 1. The summed E-state index contributed by atoms with van der Waals surface area (Å²) >= 11 is 2.75. The Kier molecular flexibility index (Phi) is 6.23. The molecule has 0 N–H and O–H groups in total. The van der Waals surface area contributed by atoms with Gasteiger partial charge in [0, 0.05) is 11.3 Å². The number of thiophene rings is 1. The van der Waals surface area contributed by atoms with Crippen molar-refractivity contribution in [3.05, 3.63) is 50.6 Å². The van der Waals surface area contributed by atoms with Crippen LogP contribution < -0.4 is 5.56 Å². The predicted molar refractivity (Wildman–Crippen MR) is 124 cm³/mol. The smallest absolute Gasteiger partial charge is 0.318 e. The van der Waals surface area contributed by atoms with Crippen molar-refractivity contribution in [2.24, 2.45) is 5.92 Å². The number of esters is 1. The molecular formula is C23H26N2O4S2. The van der Waals surface area contributed by atoms with Crippen molar-refractivity contribution >= 4 is 39.3 Å². The first-order chi connectivity index (χ1) is 14.8. The molecule has 0 spiro atoms. The van der Waals surface area contributed by atoms with Crippen molar-refractivity contribution in [1.29, 1.82) is 0 Å². The average molecular weight is 459 g/mol. The second-order valence-corrected chi connectivity index (χ2v) is 10.5. The summed E-state index contributed by atoms with van der Waals surface area (Å²) in [6.07, 6.45) is 0.800. The van der Waals surface area contributed by atoms with E-state index in [2.05, 4.69) is 13.8 Å². The third kappa shape index (κ3) is 4.16. The number of fused-ring (bicyclic) bond motifs is 3. The summed E-state index contributed by atoms with van der Waals surface area (Å²) in [6.45, 7) is 8.54. The van der Waals surface area contributed by atoms with Crippen LogP contribution in [0.1, 0.15) is 36.8 Å². The second-order valence-electron chi connectivity index (χ2n) is 8.14. The van der Waals surface area contributed by atoms with E-state index in [-0.39, 0.29) is 17.6 Å². The molecule has 4 rings (SSSR count). The normalized spacial score (nSPS) is 17.0. The van der Waals surface area contributed by atoms with E-state index in [4.69, 9.17) is 14.5 Å². The predicted octanol–water partition coefficient (Wildman–Crippen LogP) is 4.51. The van der Waals surface area contributed by atoms with Crippen LogP contribution in [0.5, 0.6) is 0 Å². The van der Waals surface area contributed by atoms with Gasteiger partial charge in [-0.05, 0) is 37.5 Å². The lowest BCUT2D eigenvalue weighted by Gasteiger charge is -2.26. The highest BCUT2D eigenvalue weighted by Gasteiger charge is 2.29. The molecule has 0 bridgehead atoms. The minimum atomic E-state index is -0.491. The standard InChI is InChI=1S/C23H26N2O4S2/c1-12(2)17-10-16-18(11-29-17)31-20-19(16)21(26)25(15-8-6-13(3)7-9-15)23(24-20)30-14(4)22(27)28-5/h6-9,12,14,17H,10-11H2,1-5H3. The van der Waals surface area contributed by atoms with Crippen molar-refractivity contribution < 1.29 is 14.3 Å².